The first-order chi connectivity index (χ1) is 7.04. The van der Waals surface area contributed by atoms with Gasteiger partial charge in [0.15, 0.2) is 11.5 Å². The van der Waals surface area contributed by atoms with Crippen LogP contribution in [0.25, 0.3) is 0 Å². The average molecular weight is 232 g/mol. The minimum atomic E-state index is -2.69. The van der Waals surface area contributed by atoms with E-state index < -0.39 is 28.0 Å². The van der Waals surface area contributed by atoms with E-state index in [4.69, 9.17) is 0 Å². The lowest BCUT2D eigenvalue weighted by Gasteiger charge is -1.99. The number of nitrogens with zero attached hydrogens (tertiary/aromatic N) is 2. The summed E-state index contributed by atoms with van der Waals surface area (Å²) in [7, 11) is -1.61. The van der Waals surface area contributed by atoms with Crippen molar-refractivity contribution < 1.29 is 22.3 Å². The molecule has 0 unspecified atom stereocenters. The van der Waals surface area contributed by atoms with E-state index in [-0.39, 0.29) is 5.69 Å². The van der Waals surface area contributed by atoms with Gasteiger partial charge in [-0.2, -0.15) is 8.42 Å². The third-order valence-electron chi connectivity index (χ3n) is 1.39. The quantitative estimate of drug-likeness (QED) is 0.700. The summed E-state index contributed by atoms with van der Waals surface area (Å²) in [6, 6.07) is 0.773. The first-order valence-corrected chi connectivity index (χ1v) is 4.62. The summed E-state index contributed by atoms with van der Waals surface area (Å²) in [5.74, 6) is -1.93. The fourth-order valence-electron chi connectivity index (χ4n) is 0.811. The van der Waals surface area contributed by atoms with Gasteiger partial charge in [-0.05, 0) is 0 Å². The van der Waals surface area contributed by atoms with Gasteiger partial charge in [0.25, 0.3) is 0 Å². The lowest BCUT2D eigenvalue weighted by Crippen LogP contribution is -2.06. The molecule has 1 aromatic heterocycles. The zero-order valence-corrected chi connectivity index (χ0v) is 8.28. The molecule has 6 nitrogen and oxygen atoms in total. The highest BCUT2D eigenvalue weighted by molar-refractivity contribution is 7.61. The molecule has 0 aliphatic heterocycles. The van der Waals surface area contributed by atoms with Gasteiger partial charge in [0, 0.05) is 6.07 Å². The SMILES string of the molecule is COC(=O)c1ncc(N=S(=O)=O)cc1F. The monoisotopic (exact) mass is 232 g/mol. The molecule has 0 aromatic carbocycles. The van der Waals surface area contributed by atoms with Crippen molar-refractivity contribution in [1.29, 1.82) is 0 Å². The van der Waals surface area contributed by atoms with Crippen LogP contribution in [0.3, 0.4) is 0 Å². The van der Waals surface area contributed by atoms with Crippen LogP contribution in [0.4, 0.5) is 10.1 Å². The van der Waals surface area contributed by atoms with Gasteiger partial charge in [0.2, 0.25) is 0 Å². The van der Waals surface area contributed by atoms with Crippen molar-refractivity contribution in [3.05, 3.63) is 23.8 Å². The van der Waals surface area contributed by atoms with E-state index in [2.05, 4.69) is 14.1 Å². The molecule has 0 amide bonds. The van der Waals surface area contributed by atoms with Crippen LogP contribution in [0.15, 0.2) is 16.6 Å². The van der Waals surface area contributed by atoms with Crippen LogP contribution < -0.4 is 0 Å². The van der Waals surface area contributed by atoms with E-state index in [9.17, 15) is 17.6 Å². The van der Waals surface area contributed by atoms with Gasteiger partial charge in [0.05, 0.1) is 13.3 Å². The molecule has 0 aliphatic carbocycles. The third-order valence-corrected chi connectivity index (χ3v) is 1.75. The molecule has 0 fully saturated rings. The van der Waals surface area contributed by atoms with E-state index in [1.165, 1.54) is 0 Å². The van der Waals surface area contributed by atoms with Gasteiger partial charge >= 0.3 is 16.5 Å². The minimum Gasteiger partial charge on any atom is -0.464 e. The van der Waals surface area contributed by atoms with Gasteiger partial charge in [-0.25, -0.2) is 14.2 Å². The number of aromatic nitrogens is 1. The van der Waals surface area contributed by atoms with Crippen molar-refractivity contribution in [2.24, 2.45) is 4.36 Å². The number of carbonyl (C=O) groups is 1. The topological polar surface area (TPSA) is 85.7 Å². The maximum Gasteiger partial charge on any atom is 0.359 e. The second kappa shape index (κ2) is 4.60. The average Bonchev–Trinajstić information content (AvgIpc) is 2.16. The lowest BCUT2D eigenvalue weighted by atomic mass is 10.3. The highest BCUT2D eigenvalue weighted by Gasteiger charge is 2.14. The van der Waals surface area contributed by atoms with E-state index in [0.717, 1.165) is 19.4 Å². The van der Waals surface area contributed by atoms with Crippen molar-refractivity contribution in [1.82, 2.24) is 4.98 Å². The standard InChI is InChI=1S/C7H5FN2O4S/c1-14-7(11)6-5(8)2-4(3-9-6)10-15(12)13/h2-3H,1H3. The summed E-state index contributed by atoms with van der Waals surface area (Å²) in [5, 5.41) is 0. The van der Waals surface area contributed by atoms with Crippen molar-refractivity contribution in [3.63, 3.8) is 0 Å². The van der Waals surface area contributed by atoms with Crippen LogP contribution in [0.1, 0.15) is 10.5 Å². The number of ether oxygens (including phenoxy) is 1. The number of hydrogen-bond acceptors (Lipinski definition) is 6. The van der Waals surface area contributed by atoms with Crippen LogP contribution in [0.5, 0.6) is 0 Å². The molecule has 0 saturated carbocycles. The molecule has 1 heterocycles. The Kier molecular flexibility index (Phi) is 3.45. The van der Waals surface area contributed by atoms with Gasteiger partial charge in [-0.15, -0.1) is 4.36 Å². The molecule has 0 aliphatic rings. The minimum absolute atomic E-state index is 0.200. The maximum absolute atomic E-state index is 13.1. The first kappa shape index (κ1) is 11.2. The Labute approximate surface area is 85.4 Å². The third kappa shape index (κ3) is 2.81. The van der Waals surface area contributed by atoms with Crippen LogP contribution in [-0.2, 0) is 15.2 Å². The molecular weight excluding hydrogens is 227 g/mol. The largest absolute Gasteiger partial charge is 0.464 e. The van der Waals surface area contributed by atoms with Gasteiger partial charge in [0.1, 0.15) is 5.69 Å². The van der Waals surface area contributed by atoms with Gasteiger partial charge in [-0.3, -0.25) is 0 Å². The molecule has 0 atom stereocenters. The molecule has 0 bridgehead atoms. The molecule has 15 heavy (non-hydrogen) atoms. The number of pyridine rings is 1. The number of hydrogen-bond donors (Lipinski definition) is 0. The smallest absolute Gasteiger partial charge is 0.359 e. The van der Waals surface area contributed by atoms with Crippen LogP contribution in [0, 0.1) is 5.82 Å². The molecule has 0 N–H and O–H groups in total. The van der Waals surface area contributed by atoms with Crippen molar-refractivity contribution in [3.8, 4) is 0 Å². The summed E-state index contributed by atoms with van der Waals surface area (Å²) in [6.45, 7) is 0. The molecule has 0 saturated heterocycles. The summed E-state index contributed by atoms with van der Waals surface area (Å²) in [4.78, 5) is 14.3. The fourth-order valence-corrected chi connectivity index (χ4v) is 1.08. The Morgan fingerprint density at radius 1 is 1.60 bits per heavy atom. The van der Waals surface area contributed by atoms with E-state index in [1.54, 1.807) is 0 Å². The molecule has 1 aromatic rings. The van der Waals surface area contributed by atoms with E-state index >= 15 is 0 Å². The Morgan fingerprint density at radius 3 is 2.73 bits per heavy atom. The molecular formula is C7H5FN2O4S. The highest BCUT2D eigenvalue weighted by atomic mass is 32.2. The second-order valence-electron chi connectivity index (χ2n) is 2.32. The van der Waals surface area contributed by atoms with Gasteiger partial charge < -0.3 is 4.74 Å². The number of methoxy groups -OCH3 is 1. The zero-order chi connectivity index (χ0) is 11.4. The Hall–Kier alpha value is -1.83. The van der Waals surface area contributed by atoms with Crippen LogP contribution in [-0.4, -0.2) is 26.5 Å². The number of esters is 1. The Bertz CT molecular complexity index is 518. The molecule has 1 rings (SSSR count). The predicted octanol–water partition coefficient (Wildman–Crippen LogP) is 0.702. The van der Waals surface area contributed by atoms with Crippen molar-refractivity contribution >= 4 is 22.2 Å². The van der Waals surface area contributed by atoms with E-state index in [0.29, 0.717) is 0 Å². The zero-order valence-electron chi connectivity index (χ0n) is 7.47. The van der Waals surface area contributed by atoms with Crippen LogP contribution >= 0.6 is 0 Å². The molecule has 8 heteroatoms. The lowest BCUT2D eigenvalue weighted by molar-refractivity contribution is 0.0588. The fraction of sp³-hybridized carbons (Fsp3) is 0.143. The van der Waals surface area contributed by atoms with Crippen molar-refractivity contribution in [2.45, 2.75) is 0 Å². The van der Waals surface area contributed by atoms with Crippen LogP contribution in [0.2, 0.25) is 0 Å². The number of halogens is 1. The first-order valence-electron chi connectivity index (χ1n) is 3.59. The highest BCUT2D eigenvalue weighted by Crippen LogP contribution is 2.14. The second-order valence-corrected chi connectivity index (χ2v) is 2.94. The van der Waals surface area contributed by atoms with Crippen molar-refractivity contribution in [2.75, 3.05) is 7.11 Å². The molecule has 0 spiro atoms. The Balaban J connectivity index is 3.20. The summed E-state index contributed by atoms with van der Waals surface area (Å²) in [5.41, 5.74) is -0.721. The number of carbonyl (C=O) groups excluding carboxylic acids is 1. The Morgan fingerprint density at radius 2 is 2.27 bits per heavy atom. The predicted molar refractivity (Wildman–Crippen MR) is 46.5 cm³/mol. The maximum atomic E-state index is 13.1. The number of rotatable bonds is 2. The molecule has 80 valence electrons. The summed E-state index contributed by atoms with van der Waals surface area (Å²) >= 11 is 0. The summed E-state index contributed by atoms with van der Waals surface area (Å²) < 4.78 is 40.7. The molecule has 0 radical (unpaired) electrons. The normalized spacial score (nSPS) is 9.47. The van der Waals surface area contributed by atoms with Gasteiger partial charge in [-0.1, -0.05) is 0 Å². The van der Waals surface area contributed by atoms with E-state index in [1.807, 2.05) is 0 Å². The summed E-state index contributed by atoms with van der Waals surface area (Å²) in [6.07, 6.45) is 0.950.